The lowest BCUT2D eigenvalue weighted by molar-refractivity contribution is 0.209. The summed E-state index contributed by atoms with van der Waals surface area (Å²) in [5.74, 6) is 2.14. The Balaban J connectivity index is 1.49. The highest BCUT2D eigenvalue weighted by Crippen LogP contribution is 2.28. The van der Waals surface area contributed by atoms with E-state index >= 15 is 0 Å². The highest BCUT2D eigenvalue weighted by atomic mass is 16.3. The van der Waals surface area contributed by atoms with Gasteiger partial charge in [0.25, 0.3) is 0 Å². The average Bonchev–Trinajstić information content (AvgIpc) is 3.39. The monoisotopic (exact) mass is 338 g/mol. The fourth-order valence-corrected chi connectivity index (χ4v) is 3.91. The third-order valence-electron chi connectivity index (χ3n) is 5.20. The van der Waals surface area contributed by atoms with Crippen LogP contribution in [0.25, 0.3) is 11.0 Å². The van der Waals surface area contributed by atoms with Gasteiger partial charge in [-0.15, -0.1) is 0 Å². The summed E-state index contributed by atoms with van der Waals surface area (Å²) in [7, 11) is 0. The van der Waals surface area contributed by atoms with Crippen molar-refractivity contribution in [3.63, 3.8) is 0 Å². The van der Waals surface area contributed by atoms with Gasteiger partial charge in [0.15, 0.2) is 0 Å². The van der Waals surface area contributed by atoms with Crippen LogP contribution in [0.1, 0.15) is 42.9 Å². The average molecular weight is 338 g/mol. The van der Waals surface area contributed by atoms with E-state index in [-0.39, 0.29) is 0 Å². The molecule has 1 N–H and O–H groups in total. The quantitative estimate of drug-likeness (QED) is 0.688. The molecule has 0 aliphatic carbocycles. The zero-order chi connectivity index (χ0) is 17.1. The number of fused-ring (bicyclic) bond motifs is 1. The van der Waals surface area contributed by atoms with Gasteiger partial charge in [0, 0.05) is 30.5 Å². The largest absolute Gasteiger partial charge is 0.468 e. The first-order valence-corrected chi connectivity index (χ1v) is 9.34. The Hall–Kier alpha value is -2.04. The summed E-state index contributed by atoms with van der Waals surface area (Å²) >= 11 is 0. The molecule has 1 fully saturated rings. The molecule has 0 bridgehead atoms. The molecule has 3 aromatic rings. The van der Waals surface area contributed by atoms with E-state index in [9.17, 15) is 0 Å². The first-order valence-electron chi connectivity index (χ1n) is 9.34. The smallest absolute Gasteiger partial charge is 0.134 e. The van der Waals surface area contributed by atoms with Crippen molar-refractivity contribution >= 4 is 11.0 Å². The van der Waals surface area contributed by atoms with E-state index in [1.54, 1.807) is 6.26 Å². The Morgan fingerprint density at radius 1 is 1.12 bits per heavy atom. The van der Waals surface area contributed by atoms with Crippen LogP contribution in [0.2, 0.25) is 0 Å². The highest BCUT2D eigenvalue weighted by molar-refractivity contribution is 5.82. The lowest BCUT2D eigenvalue weighted by atomic mass is 10.1. The third kappa shape index (κ3) is 3.37. The number of rotatable bonds is 7. The highest BCUT2D eigenvalue weighted by Gasteiger charge is 2.25. The van der Waals surface area contributed by atoms with Crippen LogP contribution < -0.4 is 5.32 Å². The Kier molecular flexibility index (Phi) is 4.90. The Morgan fingerprint density at radius 3 is 2.72 bits per heavy atom. The maximum atomic E-state index is 6.01. The van der Waals surface area contributed by atoms with Crippen LogP contribution in [0.5, 0.6) is 0 Å². The number of hydrogen-bond donors (Lipinski definition) is 1. The van der Waals surface area contributed by atoms with Gasteiger partial charge in [0.2, 0.25) is 0 Å². The minimum Gasteiger partial charge on any atom is -0.468 e. The van der Waals surface area contributed by atoms with Crippen LogP contribution in [0.15, 0.2) is 51.5 Å². The maximum Gasteiger partial charge on any atom is 0.134 e. The van der Waals surface area contributed by atoms with E-state index < -0.39 is 0 Å². The van der Waals surface area contributed by atoms with Crippen molar-refractivity contribution in [1.29, 1.82) is 0 Å². The van der Waals surface area contributed by atoms with Crippen LogP contribution >= 0.6 is 0 Å². The molecule has 0 radical (unpaired) electrons. The molecule has 132 valence electrons. The minimum absolute atomic E-state index is 0.306. The van der Waals surface area contributed by atoms with Crippen LogP contribution in [0.3, 0.4) is 0 Å². The summed E-state index contributed by atoms with van der Waals surface area (Å²) in [4.78, 5) is 2.53. The van der Waals surface area contributed by atoms with Crippen molar-refractivity contribution in [2.75, 3.05) is 19.6 Å². The van der Waals surface area contributed by atoms with E-state index in [1.165, 1.54) is 23.8 Å². The minimum atomic E-state index is 0.306. The summed E-state index contributed by atoms with van der Waals surface area (Å²) in [6.45, 7) is 6.17. The van der Waals surface area contributed by atoms with Gasteiger partial charge in [-0.3, -0.25) is 4.90 Å². The van der Waals surface area contributed by atoms with E-state index in [0.717, 1.165) is 49.7 Å². The summed E-state index contributed by atoms with van der Waals surface area (Å²) in [6.07, 6.45) is 5.25. The summed E-state index contributed by atoms with van der Waals surface area (Å²) in [6, 6.07) is 12.7. The zero-order valence-corrected chi connectivity index (χ0v) is 14.8. The molecule has 0 saturated carbocycles. The summed E-state index contributed by atoms with van der Waals surface area (Å²) < 4.78 is 11.7. The first-order chi connectivity index (χ1) is 12.4. The van der Waals surface area contributed by atoms with Gasteiger partial charge >= 0.3 is 0 Å². The van der Waals surface area contributed by atoms with Gasteiger partial charge < -0.3 is 14.2 Å². The van der Waals surface area contributed by atoms with Gasteiger partial charge in [-0.2, -0.15) is 0 Å². The lowest BCUT2D eigenvalue weighted by Gasteiger charge is -2.26. The van der Waals surface area contributed by atoms with Crippen LogP contribution in [0, 0.1) is 0 Å². The molecule has 1 aromatic carbocycles. The van der Waals surface area contributed by atoms with E-state index in [0.29, 0.717) is 6.04 Å². The number of furan rings is 2. The molecule has 1 aliphatic heterocycles. The lowest BCUT2D eigenvalue weighted by Crippen LogP contribution is -2.33. The molecule has 4 rings (SSSR count). The van der Waals surface area contributed by atoms with Crippen molar-refractivity contribution in [2.24, 2.45) is 0 Å². The fraction of sp³-hybridized carbons (Fsp3) is 0.429. The molecule has 0 spiro atoms. The van der Waals surface area contributed by atoms with Crippen molar-refractivity contribution in [3.05, 3.63) is 59.7 Å². The van der Waals surface area contributed by atoms with Crippen LogP contribution in [0.4, 0.5) is 0 Å². The molecule has 25 heavy (non-hydrogen) atoms. The maximum absolute atomic E-state index is 6.01. The Morgan fingerprint density at radius 2 is 1.96 bits per heavy atom. The van der Waals surface area contributed by atoms with Gasteiger partial charge in [-0.05, 0) is 44.1 Å². The van der Waals surface area contributed by atoms with Crippen molar-refractivity contribution < 1.29 is 8.83 Å². The topological polar surface area (TPSA) is 41.6 Å². The molecule has 4 nitrogen and oxygen atoms in total. The SMILES string of the molecule is CCc1oc2ccccc2c1CNCC(c1ccco1)N1CCCC1. The van der Waals surface area contributed by atoms with Gasteiger partial charge in [-0.1, -0.05) is 25.1 Å². The van der Waals surface area contributed by atoms with Gasteiger partial charge in [0.05, 0.1) is 12.3 Å². The second-order valence-electron chi connectivity index (χ2n) is 6.76. The van der Waals surface area contributed by atoms with E-state index in [4.69, 9.17) is 8.83 Å². The fourth-order valence-electron chi connectivity index (χ4n) is 3.91. The molecular weight excluding hydrogens is 312 g/mol. The first kappa shape index (κ1) is 16.4. The number of benzene rings is 1. The molecule has 3 heterocycles. The van der Waals surface area contributed by atoms with E-state index in [2.05, 4.69) is 35.3 Å². The van der Waals surface area contributed by atoms with Gasteiger partial charge in [-0.25, -0.2) is 0 Å². The predicted molar refractivity (Wildman–Crippen MR) is 99.6 cm³/mol. The van der Waals surface area contributed by atoms with E-state index in [1.807, 2.05) is 18.2 Å². The standard InChI is InChI=1S/C21H26N2O2/c1-2-19-17(16-8-3-4-9-20(16)25-19)14-22-15-18(21-10-7-13-24-21)23-11-5-6-12-23/h3-4,7-10,13,18,22H,2,5-6,11-12,14-15H2,1H3. The predicted octanol–water partition coefficient (Wildman–Crippen LogP) is 4.51. The Labute approximate surface area is 148 Å². The molecular formula is C21H26N2O2. The van der Waals surface area contributed by atoms with Gasteiger partial charge in [0.1, 0.15) is 17.1 Å². The molecule has 1 aliphatic rings. The number of hydrogen-bond acceptors (Lipinski definition) is 4. The number of likely N-dealkylation sites (tertiary alicyclic amines) is 1. The second-order valence-corrected chi connectivity index (χ2v) is 6.76. The van der Waals surface area contributed by atoms with Crippen LogP contribution in [-0.4, -0.2) is 24.5 Å². The van der Waals surface area contributed by atoms with Crippen molar-refractivity contribution in [3.8, 4) is 0 Å². The summed E-state index contributed by atoms with van der Waals surface area (Å²) in [5.41, 5.74) is 2.27. The normalized spacial score (nSPS) is 16.7. The molecule has 1 unspecified atom stereocenters. The van der Waals surface area contributed by atoms with Crippen LogP contribution in [-0.2, 0) is 13.0 Å². The molecule has 1 atom stereocenters. The third-order valence-corrected chi connectivity index (χ3v) is 5.20. The molecule has 0 amide bonds. The number of nitrogens with zero attached hydrogens (tertiary/aromatic N) is 1. The number of nitrogens with one attached hydrogen (secondary N) is 1. The number of para-hydroxylation sites is 1. The molecule has 4 heteroatoms. The number of aryl methyl sites for hydroxylation is 1. The summed E-state index contributed by atoms with van der Waals surface area (Å²) in [5, 5.41) is 4.88. The second kappa shape index (κ2) is 7.46. The van der Waals surface area contributed by atoms with Crippen molar-refractivity contribution in [2.45, 2.75) is 38.8 Å². The molecule has 2 aromatic heterocycles. The molecule has 1 saturated heterocycles. The zero-order valence-electron chi connectivity index (χ0n) is 14.8. The van der Waals surface area contributed by atoms with Crippen molar-refractivity contribution in [1.82, 2.24) is 10.2 Å². The Bertz CT molecular complexity index is 801.